The van der Waals surface area contributed by atoms with Crippen LogP contribution in [0.15, 0.2) is 0 Å². The number of esters is 3. The van der Waals surface area contributed by atoms with Gasteiger partial charge in [-0.15, -0.1) is 0 Å². The van der Waals surface area contributed by atoms with E-state index in [1.54, 1.807) is 0 Å². The van der Waals surface area contributed by atoms with E-state index < -0.39 is 6.10 Å². The molecule has 0 amide bonds. The molecule has 0 saturated heterocycles. The molecule has 6 heteroatoms. The third-order valence-electron chi connectivity index (χ3n) is 15.3. The lowest BCUT2D eigenvalue weighted by atomic mass is 9.99. The van der Waals surface area contributed by atoms with Crippen LogP contribution in [0.1, 0.15) is 369 Å². The minimum atomic E-state index is -0.764. The van der Waals surface area contributed by atoms with Crippen LogP contribution in [0.25, 0.3) is 0 Å². The molecule has 0 aliphatic carbocycles. The van der Waals surface area contributed by atoms with Crippen LogP contribution in [0.5, 0.6) is 0 Å². The Morgan fingerprint density at radius 2 is 0.535 bits per heavy atom. The van der Waals surface area contributed by atoms with E-state index >= 15 is 0 Å². The van der Waals surface area contributed by atoms with Crippen molar-refractivity contribution < 1.29 is 28.6 Å². The van der Waals surface area contributed by atoms with E-state index in [1.807, 2.05) is 0 Å². The maximum absolute atomic E-state index is 12.9. The summed E-state index contributed by atoms with van der Waals surface area (Å²) in [5, 5.41) is 0. The van der Waals surface area contributed by atoms with Crippen LogP contribution in [0.3, 0.4) is 0 Å². The van der Waals surface area contributed by atoms with Crippen LogP contribution in [0.4, 0.5) is 0 Å². The number of hydrogen-bond donors (Lipinski definition) is 0. The Hall–Kier alpha value is -1.59. The summed E-state index contributed by atoms with van der Waals surface area (Å²) in [4.78, 5) is 38.3. The van der Waals surface area contributed by atoms with Gasteiger partial charge in [0.05, 0.1) is 0 Å². The van der Waals surface area contributed by atoms with Gasteiger partial charge < -0.3 is 14.2 Å². The van der Waals surface area contributed by atoms with Gasteiger partial charge in [-0.25, -0.2) is 0 Å². The van der Waals surface area contributed by atoms with Gasteiger partial charge in [-0.2, -0.15) is 0 Å². The number of ether oxygens (including phenoxy) is 3. The van der Waals surface area contributed by atoms with Crippen molar-refractivity contribution in [2.45, 2.75) is 375 Å². The first-order valence-electron chi connectivity index (χ1n) is 32.3. The standard InChI is InChI=1S/C65H126O6/c1-6-8-9-10-11-12-13-14-15-16-17-22-25-28-31-36-42-47-52-57-65(68)71-62(59-70-64(67)56-51-46-41-37-32-33-38-43-48-53-60(3)4)58-69-63(66)55-50-45-40-35-30-27-24-21-19-18-20-23-26-29-34-39-44-49-54-61(5)7-2/h60-62H,6-59H2,1-5H3/t61?,62-/m1/s1. The summed E-state index contributed by atoms with van der Waals surface area (Å²) in [5.41, 5.74) is 0. The monoisotopic (exact) mass is 1000 g/mol. The maximum Gasteiger partial charge on any atom is 0.306 e. The van der Waals surface area contributed by atoms with E-state index in [9.17, 15) is 14.4 Å². The predicted octanol–water partition coefficient (Wildman–Crippen LogP) is 21.6. The lowest BCUT2D eigenvalue weighted by molar-refractivity contribution is -0.167. The van der Waals surface area contributed by atoms with Crippen molar-refractivity contribution in [1.29, 1.82) is 0 Å². The summed E-state index contributed by atoms with van der Waals surface area (Å²) in [7, 11) is 0. The van der Waals surface area contributed by atoms with Crippen molar-refractivity contribution in [1.82, 2.24) is 0 Å². The Morgan fingerprint density at radius 3 is 0.803 bits per heavy atom. The first-order chi connectivity index (χ1) is 34.8. The Balaban J connectivity index is 4.22. The maximum atomic E-state index is 12.9. The molecule has 0 aliphatic rings. The molecule has 0 aromatic rings. The molecule has 0 heterocycles. The molecule has 2 atom stereocenters. The molecule has 0 saturated carbocycles. The van der Waals surface area contributed by atoms with Crippen LogP contribution in [0.2, 0.25) is 0 Å². The molecule has 0 rings (SSSR count). The second kappa shape index (κ2) is 57.7. The zero-order chi connectivity index (χ0) is 51.8. The van der Waals surface area contributed by atoms with E-state index in [0.29, 0.717) is 19.3 Å². The molecule has 0 aromatic carbocycles. The number of unbranched alkanes of at least 4 members (excludes halogenated alkanes) is 43. The summed E-state index contributed by atoms with van der Waals surface area (Å²) >= 11 is 0. The highest BCUT2D eigenvalue weighted by atomic mass is 16.6. The van der Waals surface area contributed by atoms with Crippen molar-refractivity contribution in [3.8, 4) is 0 Å². The van der Waals surface area contributed by atoms with Gasteiger partial charge in [0, 0.05) is 19.3 Å². The second-order valence-electron chi connectivity index (χ2n) is 23.1. The van der Waals surface area contributed by atoms with Gasteiger partial charge in [0.2, 0.25) is 0 Å². The highest BCUT2D eigenvalue weighted by molar-refractivity contribution is 5.71. The quantitative estimate of drug-likeness (QED) is 0.0343. The highest BCUT2D eigenvalue weighted by Crippen LogP contribution is 2.19. The van der Waals surface area contributed by atoms with Crippen LogP contribution in [-0.2, 0) is 28.6 Å². The molecule has 1 unspecified atom stereocenters. The van der Waals surface area contributed by atoms with Crippen molar-refractivity contribution in [2.24, 2.45) is 11.8 Å². The van der Waals surface area contributed by atoms with Crippen LogP contribution in [0, 0.1) is 11.8 Å². The van der Waals surface area contributed by atoms with Gasteiger partial charge in [0.15, 0.2) is 6.10 Å². The fraction of sp³-hybridized carbons (Fsp3) is 0.954. The zero-order valence-electron chi connectivity index (χ0n) is 48.9. The number of carbonyl (C=O) groups excluding carboxylic acids is 3. The van der Waals surface area contributed by atoms with Crippen molar-refractivity contribution in [2.75, 3.05) is 13.2 Å². The van der Waals surface area contributed by atoms with Crippen LogP contribution in [-0.4, -0.2) is 37.2 Å². The molecule has 0 spiro atoms. The summed E-state index contributed by atoms with van der Waals surface area (Å²) in [6.07, 6.45) is 63.9. The second-order valence-corrected chi connectivity index (χ2v) is 23.1. The minimum Gasteiger partial charge on any atom is -0.462 e. The average molecular weight is 1000 g/mol. The lowest BCUT2D eigenvalue weighted by Gasteiger charge is -2.18. The largest absolute Gasteiger partial charge is 0.462 e. The zero-order valence-corrected chi connectivity index (χ0v) is 48.9. The molecule has 0 N–H and O–H groups in total. The first kappa shape index (κ1) is 69.4. The van der Waals surface area contributed by atoms with Crippen LogP contribution < -0.4 is 0 Å². The Bertz CT molecular complexity index is 1090. The van der Waals surface area contributed by atoms with Crippen molar-refractivity contribution >= 4 is 17.9 Å². The van der Waals surface area contributed by atoms with Crippen molar-refractivity contribution in [3.63, 3.8) is 0 Å². The molecule has 0 fully saturated rings. The third kappa shape index (κ3) is 57.5. The van der Waals surface area contributed by atoms with E-state index in [-0.39, 0.29) is 31.1 Å². The number of hydrogen-bond acceptors (Lipinski definition) is 6. The molecule has 0 aromatic heterocycles. The molecular weight excluding hydrogens is 877 g/mol. The van der Waals surface area contributed by atoms with E-state index in [2.05, 4.69) is 34.6 Å². The normalized spacial score (nSPS) is 12.4. The molecule has 0 bridgehead atoms. The topological polar surface area (TPSA) is 78.9 Å². The third-order valence-corrected chi connectivity index (χ3v) is 15.3. The number of rotatable bonds is 59. The van der Waals surface area contributed by atoms with E-state index in [1.165, 1.54) is 257 Å². The summed E-state index contributed by atoms with van der Waals surface area (Å²) in [5.74, 6) is 0.885. The van der Waals surface area contributed by atoms with Gasteiger partial charge in [0.25, 0.3) is 0 Å². The highest BCUT2D eigenvalue weighted by Gasteiger charge is 2.19. The molecule has 0 radical (unpaired) electrons. The Labute approximate surface area is 444 Å². The van der Waals surface area contributed by atoms with E-state index in [4.69, 9.17) is 14.2 Å². The lowest BCUT2D eigenvalue weighted by Crippen LogP contribution is -2.30. The molecule has 6 nitrogen and oxygen atoms in total. The molecule has 71 heavy (non-hydrogen) atoms. The minimum absolute atomic E-state index is 0.0622. The Morgan fingerprint density at radius 1 is 0.296 bits per heavy atom. The van der Waals surface area contributed by atoms with Gasteiger partial charge in [-0.1, -0.05) is 330 Å². The van der Waals surface area contributed by atoms with Crippen LogP contribution >= 0.6 is 0 Å². The molecule has 0 aliphatic heterocycles. The Kier molecular flexibility index (Phi) is 56.4. The predicted molar refractivity (Wildman–Crippen MR) is 307 cm³/mol. The summed E-state index contributed by atoms with van der Waals surface area (Å²) < 4.78 is 16.9. The summed E-state index contributed by atoms with van der Waals surface area (Å²) in [6, 6.07) is 0. The SMILES string of the molecule is CCCCCCCCCCCCCCCCCCCCCC(=O)O[C@H](COC(=O)CCCCCCCCCCCCCCCCCCCCC(C)CC)COC(=O)CCCCCCCCCCCC(C)C. The number of carbonyl (C=O) groups is 3. The van der Waals surface area contributed by atoms with Gasteiger partial charge >= 0.3 is 17.9 Å². The van der Waals surface area contributed by atoms with Gasteiger partial charge in [-0.05, 0) is 31.1 Å². The molecular formula is C65H126O6. The summed E-state index contributed by atoms with van der Waals surface area (Å²) in [6.45, 7) is 11.5. The fourth-order valence-corrected chi connectivity index (χ4v) is 10.1. The van der Waals surface area contributed by atoms with Gasteiger partial charge in [0.1, 0.15) is 13.2 Å². The van der Waals surface area contributed by atoms with Crippen molar-refractivity contribution in [3.05, 3.63) is 0 Å². The smallest absolute Gasteiger partial charge is 0.306 e. The van der Waals surface area contributed by atoms with E-state index in [0.717, 1.165) is 69.6 Å². The fourth-order valence-electron chi connectivity index (χ4n) is 10.1. The average Bonchev–Trinajstić information content (AvgIpc) is 3.36. The molecule has 422 valence electrons. The van der Waals surface area contributed by atoms with Gasteiger partial charge in [-0.3, -0.25) is 14.4 Å². The first-order valence-corrected chi connectivity index (χ1v) is 32.3.